The molecule has 0 radical (unpaired) electrons. The maximum atomic E-state index is 3.65. The van der Waals surface area contributed by atoms with Crippen molar-refractivity contribution in [2.24, 2.45) is 0 Å². The van der Waals surface area contributed by atoms with E-state index in [0.29, 0.717) is 0 Å². The van der Waals surface area contributed by atoms with Crippen LogP contribution in [0.25, 0.3) is 32.3 Å². The third-order valence-corrected chi connectivity index (χ3v) is 12.6. The molecule has 0 saturated carbocycles. The summed E-state index contributed by atoms with van der Waals surface area (Å²) >= 11 is 0. The molecule has 0 atom stereocenters. The predicted molar refractivity (Wildman–Crippen MR) is 220 cm³/mol. The smallest absolute Gasteiger partial charge is 0.0338 e. The van der Waals surface area contributed by atoms with Gasteiger partial charge in [-0.05, 0) is 138 Å². The van der Waals surface area contributed by atoms with E-state index in [1.165, 1.54) is 53.2 Å². The Morgan fingerprint density at radius 1 is 0.396 bits per heavy atom. The molecule has 0 aliphatic rings. The summed E-state index contributed by atoms with van der Waals surface area (Å²) in [6.07, 6.45) is 14.4. The summed E-state index contributed by atoms with van der Waals surface area (Å²) < 4.78 is 0. The van der Waals surface area contributed by atoms with Crippen molar-refractivity contribution in [3.63, 3.8) is 0 Å². The molecule has 0 heterocycles. The van der Waals surface area contributed by atoms with E-state index in [4.69, 9.17) is 0 Å². The van der Waals surface area contributed by atoms with Crippen LogP contribution >= 0.6 is 20.1 Å². The summed E-state index contributed by atoms with van der Waals surface area (Å²) in [6, 6.07) is 31.7. The van der Waals surface area contributed by atoms with Crippen LogP contribution in [0.2, 0.25) is 0 Å². The summed E-state index contributed by atoms with van der Waals surface area (Å²) in [5.74, 6) is 14.4. The number of rotatable bonds is 2. The largest absolute Gasteiger partial charge is 0.223 e. The first-order valence-corrected chi connectivity index (χ1v) is 22.4. The second kappa shape index (κ2) is 11.9. The molecule has 2 heteroatoms. The van der Waals surface area contributed by atoms with Crippen molar-refractivity contribution in [1.29, 1.82) is 0 Å². The van der Waals surface area contributed by atoms with Gasteiger partial charge in [0, 0.05) is 22.3 Å². The van der Waals surface area contributed by atoms with Crippen molar-refractivity contribution < 1.29 is 0 Å². The highest BCUT2D eigenvalue weighted by Crippen LogP contribution is 2.55. The zero-order valence-electron chi connectivity index (χ0n) is 30.9. The van der Waals surface area contributed by atoms with Gasteiger partial charge < -0.3 is 0 Å². The quantitative estimate of drug-likeness (QED) is 0.127. The third kappa shape index (κ3) is 6.59. The van der Waals surface area contributed by atoms with Crippen LogP contribution in [0.1, 0.15) is 74.9 Å². The van der Waals surface area contributed by atoms with Crippen molar-refractivity contribution in [3.8, 4) is 23.7 Å². The Balaban J connectivity index is 1.62. The van der Waals surface area contributed by atoms with E-state index in [0.717, 1.165) is 22.3 Å². The lowest BCUT2D eigenvalue weighted by molar-refractivity contribution is 0.590. The summed E-state index contributed by atoms with van der Waals surface area (Å²) in [5, 5.41) is 7.83. The maximum absolute atomic E-state index is 3.65. The molecule has 246 valence electrons. The zero-order chi connectivity index (χ0) is 34.8. The predicted octanol–water partition coefficient (Wildman–Crippen LogP) is 12.1. The fourth-order valence-corrected chi connectivity index (χ4v) is 9.14. The van der Waals surface area contributed by atoms with Crippen molar-refractivity contribution >= 4 is 52.4 Å². The molecule has 48 heavy (non-hydrogen) atoms. The minimum Gasteiger partial charge on any atom is -0.223 e. The van der Waals surface area contributed by atoms with Gasteiger partial charge in [-0.3, -0.25) is 0 Å². The van der Waals surface area contributed by atoms with Gasteiger partial charge in [-0.2, -0.15) is 0 Å². The van der Waals surface area contributed by atoms with E-state index in [2.05, 4.69) is 188 Å². The van der Waals surface area contributed by atoms with Crippen LogP contribution in [-0.2, 0) is 10.8 Å². The highest BCUT2D eigenvalue weighted by atomic mass is 32.3. The van der Waals surface area contributed by atoms with Crippen molar-refractivity contribution in [3.05, 3.63) is 118 Å². The lowest BCUT2D eigenvalue weighted by atomic mass is 9.86. The Bertz CT molecular complexity index is 2120. The molecule has 0 aliphatic heterocycles. The van der Waals surface area contributed by atoms with Gasteiger partial charge in [-0.15, -0.1) is 0 Å². The summed E-state index contributed by atoms with van der Waals surface area (Å²) in [5.41, 5.74) is 7.20. The molecule has 0 saturated heterocycles. The first-order chi connectivity index (χ1) is 22.3. The normalized spacial score (nSPS) is 13.3. The molecule has 0 N–H and O–H groups in total. The Hall–Kier alpha value is -3.82. The Kier molecular flexibility index (Phi) is 8.48. The first-order valence-electron chi connectivity index (χ1n) is 16.7. The Morgan fingerprint density at radius 2 is 0.708 bits per heavy atom. The van der Waals surface area contributed by atoms with Gasteiger partial charge >= 0.3 is 0 Å². The second-order valence-corrected chi connectivity index (χ2v) is 25.0. The lowest BCUT2D eigenvalue weighted by Crippen LogP contribution is -2.10. The molecule has 0 bridgehead atoms. The van der Waals surface area contributed by atoms with E-state index in [-0.39, 0.29) is 10.8 Å². The Morgan fingerprint density at radius 3 is 1.00 bits per heavy atom. The van der Waals surface area contributed by atoms with Crippen LogP contribution < -0.4 is 0 Å². The molecule has 0 amide bonds. The molecule has 0 aromatic heterocycles. The highest BCUT2D eigenvalue weighted by molar-refractivity contribution is 8.32. The van der Waals surface area contributed by atoms with Crippen LogP contribution in [0.4, 0.5) is 0 Å². The second-order valence-electron chi connectivity index (χ2n) is 16.7. The molecular weight excluding hydrogens is 617 g/mol. The SMILES string of the molecule is CC(C)(C)c1ccc(C#Cc2cc(S(C)(C)C)c3ccc4c(S(C)(C)C)cc(C#Cc5ccc(C(C)(C)C)cc5)c5ccc2c3c54)cc1. The van der Waals surface area contributed by atoms with Crippen LogP contribution in [-0.4, -0.2) is 37.5 Å². The Labute approximate surface area is 292 Å². The molecule has 6 aromatic rings. The van der Waals surface area contributed by atoms with E-state index < -0.39 is 20.1 Å². The lowest BCUT2D eigenvalue weighted by Gasteiger charge is -2.31. The van der Waals surface area contributed by atoms with E-state index >= 15 is 0 Å². The topological polar surface area (TPSA) is 0 Å². The summed E-state index contributed by atoms with van der Waals surface area (Å²) in [6.45, 7) is 13.5. The molecule has 0 unspecified atom stereocenters. The highest BCUT2D eigenvalue weighted by Gasteiger charge is 2.23. The van der Waals surface area contributed by atoms with Gasteiger partial charge in [0.15, 0.2) is 0 Å². The fourth-order valence-electron chi connectivity index (χ4n) is 6.53. The van der Waals surface area contributed by atoms with Gasteiger partial charge in [-0.1, -0.05) is 114 Å². The fraction of sp³-hybridized carbons (Fsp3) is 0.304. The zero-order valence-corrected chi connectivity index (χ0v) is 32.5. The third-order valence-electron chi connectivity index (χ3n) is 9.33. The van der Waals surface area contributed by atoms with Gasteiger partial charge in [0.2, 0.25) is 0 Å². The molecule has 0 fully saturated rings. The minimum atomic E-state index is -1.05. The van der Waals surface area contributed by atoms with Crippen LogP contribution in [0.15, 0.2) is 94.7 Å². The van der Waals surface area contributed by atoms with Gasteiger partial charge in [0.1, 0.15) is 0 Å². The number of benzene rings is 6. The minimum absolute atomic E-state index is 0.121. The monoisotopic (exact) mass is 666 g/mol. The average molecular weight is 667 g/mol. The molecule has 0 aliphatic carbocycles. The van der Waals surface area contributed by atoms with Gasteiger partial charge in [0.05, 0.1) is 0 Å². The molecular formula is C46H50S2. The summed E-state index contributed by atoms with van der Waals surface area (Å²) in [4.78, 5) is 2.83. The molecule has 0 nitrogen and oxygen atoms in total. The first kappa shape index (κ1) is 34.1. The standard InChI is InChI=1S/C46H50S2/c1-45(2,3)35-21-15-31(16-22-35)13-19-33-29-41(47(7,8)9)39-27-28-40-42(48(10,11)12)30-34(38-26-25-37(33)43(39)44(38)40)20-14-32-17-23-36(24-18-32)46(4,5)6/h15-18,21-30H,1-12H3. The van der Waals surface area contributed by atoms with Crippen molar-refractivity contribution in [2.75, 3.05) is 37.5 Å². The van der Waals surface area contributed by atoms with Crippen LogP contribution in [0.3, 0.4) is 0 Å². The average Bonchev–Trinajstić information content (AvgIpc) is 3.00. The van der Waals surface area contributed by atoms with Crippen molar-refractivity contribution in [1.82, 2.24) is 0 Å². The van der Waals surface area contributed by atoms with E-state index in [1.807, 2.05) is 0 Å². The van der Waals surface area contributed by atoms with Crippen LogP contribution in [0.5, 0.6) is 0 Å². The van der Waals surface area contributed by atoms with Crippen LogP contribution in [0, 0.1) is 23.7 Å². The van der Waals surface area contributed by atoms with Gasteiger partial charge in [-0.25, -0.2) is 20.1 Å². The molecule has 0 spiro atoms. The van der Waals surface area contributed by atoms with Gasteiger partial charge in [0.25, 0.3) is 0 Å². The van der Waals surface area contributed by atoms with E-state index in [1.54, 1.807) is 0 Å². The molecule has 6 rings (SSSR count). The van der Waals surface area contributed by atoms with E-state index in [9.17, 15) is 0 Å². The number of hydrogen-bond acceptors (Lipinski definition) is 0. The number of hydrogen-bond donors (Lipinski definition) is 0. The van der Waals surface area contributed by atoms with Crippen molar-refractivity contribution in [2.45, 2.75) is 62.2 Å². The summed E-state index contributed by atoms with van der Waals surface area (Å²) in [7, 11) is -2.11. The maximum Gasteiger partial charge on any atom is 0.0338 e. The molecule has 6 aromatic carbocycles.